The van der Waals surface area contributed by atoms with Gasteiger partial charge < -0.3 is 15.4 Å². The van der Waals surface area contributed by atoms with Crippen LogP contribution in [0.25, 0.3) is 0 Å². The predicted molar refractivity (Wildman–Crippen MR) is 71.3 cm³/mol. The van der Waals surface area contributed by atoms with E-state index in [4.69, 9.17) is 10.5 Å². The van der Waals surface area contributed by atoms with Crippen molar-refractivity contribution in [3.63, 3.8) is 0 Å². The molecule has 1 aliphatic carbocycles. The second-order valence-corrected chi connectivity index (χ2v) is 7.54. The van der Waals surface area contributed by atoms with E-state index in [1.807, 2.05) is 20.8 Å². The first kappa shape index (κ1) is 13.7. The molecule has 0 bridgehead atoms. The van der Waals surface area contributed by atoms with Crippen LogP contribution in [0.4, 0.5) is 4.79 Å². The number of nitrogens with zero attached hydrogens (tertiary/aromatic N) is 1. The highest BCUT2D eigenvalue weighted by Crippen LogP contribution is 2.44. The number of hydrogen-bond acceptors (Lipinski definition) is 3. The highest BCUT2D eigenvalue weighted by molar-refractivity contribution is 5.69. The van der Waals surface area contributed by atoms with E-state index in [0.29, 0.717) is 0 Å². The molecule has 2 fully saturated rings. The highest BCUT2D eigenvalue weighted by atomic mass is 16.6. The van der Waals surface area contributed by atoms with Crippen molar-refractivity contribution in [2.45, 2.75) is 64.5 Å². The first-order chi connectivity index (χ1) is 8.11. The second-order valence-electron chi connectivity index (χ2n) is 7.54. The molecule has 2 rings (SSSR count). The van der Waals surface area contributed by atoms with Gasteiger partial charge in [0, 0.05) is 24.0 Å². The highest BCUT2D eigenvalue weighted by Gasteiger charge is 2.48. The van der Waals surface area contributed by atoms with Gasteiger partial charge >= 0.3 is 6.09 Å². The minimum absolute atomic E-state index is 0.0365. The normalized spacial score (nSPS) is 25.1. The molecular weight excluding hydrogens is 228 g/mol. The number of rotatable bonds is 2. The molecule has 0 atom stereocenters. The third kappa shape index (κ3) is 2.97. The van der Waals surface area contributed by atoms with Gasteiger partial charge in [-0.1, -0.05) is 6.92 Å². The summed E-state index contributed by atoms with van der Waals surface area (Å²) >= 11 is 0. The van der Waals surface area contributed by atoms with Crippen molar-refractivity contribution in [1.29, 1.82) is 0 Å². The van der Waals surface area contributed by atoms with E-state index < -0.39 is 5.60 Å². The molecular formula is C14H26N2O2. The summed E-state index contributed by atoms with van der Waals surface area (Å²) in [5, 5.41) is 0. The molecule has 2 aliphatic rings. The topological polar surface area (TPSA) is 55.6 Å². The number of amides is 1. The third-order valence-electron chi connectivity index (χ3n) is 3.93. The van der Waals surface area contributed by atoms with Crippen molar-refractivity contribution in [1.82, 2.24) is 4.90 Å². The van der Waals surface area contributed by atoms with Gasteiger partial charge in [-0.2, -0.15) is 0 Å². The van der Waals surface area contributed by atoms with E-state index in [-0.39, 0.29) is 17.0 Å². The van der Waals surface area contributed by atoms with Gasteiger partial charge in [0.1, 0.15) is 5.60 Å². The van der Waals surface area contributed by atoms with E-state index in [1.165, 1.54) is 6.42 Å². The second kappa shape index (κ2) is 4.12. The number of nitrogens with two attached hydrogens (primary N) is 1. The maximum atomic E-state index is 11.9. The quantitative estimate of drug-likeness (QED) is 0.823. The molecule has 0 aromatic carbocycles. The van der Waals surface area contributed by atoms with Crippen molar-refractivity contribution >= 4 is 6.09 Å². The molecule has 0 aromatic heterocycles. The summed E-state index contributed by atoms with van der Waals surface area (Å²) in [7, 11) is 0. The van der Waals surface area contributed by atoms with E-state index in [0.717, 1.165) is 32.4 Å². The number of carbonyl (C=O) groups excluding carboxylic acids is 1. The fourth-order valence-electron chi connectivity index (χ4n) is 3.10. The van der Waals surface area contributed by atoms with Crippen LogP contribution in [0.3, 0.4) is 0 Å². The maximum absolute atomic E-state index is 11.9. The number of carbonyl (C=O) groups is 1. The zero-order valence-electron chi connectivity index (χ0n) is 12.1. The molecule has 1 aliphatic heterocycles. The van der Waals surface area contributed by atoms with Gasteiger partial charge in [-0.15, -0.1) is 0 Å². The maximum Gasteiger partial charge on any atom is 0.410 e. The smallest absolute Gasteiger partial charge is 0.410 e. The summed E-state index contributed by atoms with van der Waals surface area (Å²) in [4.78, 5) is 13.6. The first-order valence-corrected chi connectivity index (χ1v) is 6.88. The third-order valence-corrected chi connectivity index (χ3v) is 3.93. The van der Waals surface area contributed by atoms with Crippen LogP contribution >= 0.6 is 0 Å². The van der Waals surface area contributed by atoms with Crippen molar-refractivity contribution in [2.24, 2.45) is 11.1 Å². The molecule has 0 unspecified atom stereocenters. The fourth-order valence-corrected chi connectivity index (χ4v) is 3.10. The Morgan fingerprint density at radius 1 is 1.33 bits per heavy atom. The Morgan fingerprint density at radius 2 is 1.89 bits per heavy atom. The molecule has 4 nitrogen and oxygen atoms in total. The Balaban J connectivity index is 1.80. The van der Waals surface area contributed by atoms with Gasteiger partial charge in [0.15, 0.2) is 0 Å². The van der Waals surface area contributed by atoms with Gasteiger partial charge in [0.05, 0.1) is 0 Å². The Bertz CT molecular complexity index is 336. The van der Waals surface area contributed by atoms with Crippen molar-refractivity contribution in [3.05, 3.63) is 0 Å². The molecule has 1 heterocycles. The summed E-state index contributed by atoms with van der Waals surface area (Å²) in [5.41, 5.74) is 6.10. The first-order valence-electron chi connectivity index (χ1n) is 6.88. The lowest BCUT2D eigenvalue weighted by atomic mass is 9.65. The van der Waals surface area contributed by atoms with Crippen LogP contribution in [0, 0.1) is 5.41 Å². The molecule has 2 N–H and O–H groups in total. The zero-order valence-corrected chi connectivity index (χ0v) is 12.1. The molecule has 1 saturated carbocycles. The van der Waals surface area contributed by atoms with Crippen molar-refractivity contribution < 1.29 is 9.53 Å². The van der Waals surface area contributed by atoms with Crippen molar-refractivity contribution in [3.8, 4) is 0 Å². The molecule has 104 valence electrons. The largest absolute Gasteiger partial charge is 0.444 e. The number of likely N-dealkylation sites (tertiary alicyclic amines) is 1. The Labute approximate surface area is 110 Å². The van der Waals surface area contributed by atoms with Gasteiger partial charge in [0.25, 0.3) is 0 Å². The molecule has 4 heteroatoms. The average Bonchev–Trinajstić information content (AvgIpc) is 2.08. The summed E-state index contributed by atoms with van der Waals surface area (Å²) in [6, 6.07) is 0. The average molecular weight is 254 g/mol. The molecule has 18 heavy (non-hydrogen) atoms. The molecule has 0 aromatic rings. The van der Waals surface area contributed by atoms with E-state index in [2.05, 4.69) is 6.92 Å². The fraction of sp³-hybridized carbons (Fsp3) is 0.929. The molecule has 1 saturated heterocycles. The lowest BCUT2D eigenvalue weighted by molar-refractivity contribution is -0.0436. The zero-order chi connectivity index (χ0) is 13.6. The van der Waals surface area contributed by atoms with Crippen molar-refractivity contribution in [2.75, 3.05) is 13.1 Å². The van der Waals surface area contributed by atoms with Gasteiger partial charge in [-0.3, -0.25) is 0 Å². The summed E-state index contributed by atoms with van der Waals surface area (Å²) < 4.78 is 5.36. The standard InChI is InChI=1S/C14H26N2O2/c1-12(2,3)18-11(17)16-9-13(4,10-16)8-14(15)6-5-7-14/h5-10,15H2,1-4H3. The Morgan fingerprint density at radius 3 is 2.28 bits per heavy atom. The Kier molecular flexibility index (Phi) is 3.13. The van der Waals surface area contributed by atoms with Gasteiger partial charge in [-0.25, -0.2) is 4.79 Å². The minimum Gasteiger partial charge on any atom is -0.444 e. The lowest BCUT2D eigenvalue weighted by Gasteiger charge is -2.53. The summed E-state index contributed by atoms with van der Waals surface area (Å²) in [5.74, 6) is 0. The van der Waals surface area contributed by atoms with Crippen LogP contribution < -0.4 is 5.73 Å². The van der Waals surface area contributed by atoms with Gasteiger partial charge in [0.2, 0.25) is 0 Å². The van der Waals surface area contributed by atoms with Crippen LogP contribution in [0.2, 0.25) is 0 Å². The lowest BCUT2D eigenvalue weighted by Crippen LogP contribution is -2.62. The monoisotopic (exact) mass is 254 g/mol. The van der Waals surface area contributed by atoms with Crippen LogP contribution in [0.5, 0.6) is 0 Å². The van der Waals surface area contributed by atoms with Crippen LogP contribution in [0.15, 0.2) is 0 Å². The van der Waals surface area contributed by atoms with Crippen LogP contribution in [-0.2, 0) is 4.74 Å². The summed E-state index contributed by atoms with van der Waals surface area (Å²) in [6.07, 6.45) is 4.35. The minimum atomic E-state index is -0.411. The van der Waals surface area contributed by atoms with Gasteiger partial charge in [-0.05, 0) is 46.5 Å². The van der Waals surface area contributed by atoms with Crippen LogP contribution in [-0.4, -0.2) is 35.2 Å². The Hall–Kier alpha value is -0.770. The van der Waals surface area contributed by atoms with Crippen LogP contribution in [0.1, 0.15) is 53.4 Å². The molecule has 0 radical (unpaired) electrons. The number of ether oxygens (including phenoxy) is 1. The van der Waals surface area contributed by atoms with E-state index in [9.17, 15) is 4.79 Å². The van der Waals surface area contributed by atoms with E-state index >= 15 is 0 Å². The van der Waals surface area contributed by atoms with E-state index in [1.54, 1.807) is 4.90 Å². The predicted octanol–water partition coefficient (Wildman–Crippen LogP) is 2.51. The molecule has 0 spiro atoms. The SMILES string of the molecule is CC1(CC2(N)CCC2)CN(C(=O)OC(C)(C)C)C1. The molecule has 1 amide bonds. The number of hydrogen-bond donors (Lipinski definition) is 1. The summed E-state index contributed by atoms with van der Waals surface area (Å²) in [6.45, 7) is 9.47.